The highest BCUT2D eigenvalue weighted by atomic mass is 32.2. The molecule has 0 aromatic carbocycles. The van der Waals surface area contributed by atoms with Crippen molar-refractivity contribution in [1.29, 1.82) is 0 Å². The van der Waals surface area contributed by atoms with Crippen molar-refractivity contribution in [3.8, 4) is 0 Å². The van der Waals surface area contributed by atoms with Crippen LogP contribution in [-0.4, -0.2) is 40.1 Å². The second kappa shape index (κ2) is 6.77. The zero-order valence-corrected chi connectivity index (χ0v) is 14.5. The second-order valence-electron chi connectivity index (χ2n) is 6.23. The summed E-state index contributed by atoms with van der Waals surface area (Å²) in [6.45, 7) is 9.96. The maximum atomic E-state index is 12.9. The van der Waals surface area contributed by atoms with Gasteiger partial charge in [0.15, 0.2) is 0 Å². The van der Waals surface area contributed by atoms with Crippen molar-refractivity contribution in [3.05, 3.63) is 17.1 Å². The maximum absolute atomic E-state index is 12.9. The van der Waals surface area contributed by atoms with Crippen LogP contribution in [0, 0.1) is 25.7 Å². The van der Waals surface area contributed by atoms with E-state index in [2.05, 4.69) is 23.8 Å². The summed E-state index contributed by atoms with van der Waals surface area (Å²) in [6.07, 6.45) is 4.24. The zero-order valence-electron chi connectivity index (χ0n) is 13.6. The van der Waals surface area contributed by atoms with Gasteiger partial charge in [-0.3, -0.25) is 4.79 Å². The highest BCUT2D eigenvalue weighted by Crippen LogP contribution is 2.26. The number of amides is 1. The van der Waals surface area contributed by atoms with Crippen molar-refractivity contribution in [1.82, 2.24) is 14.9 Å². The summed E-state index contributed by atoms with van der Waals surface area (Å²) in [4.78, 5) is 23.8. The smallest absolute Gasteiger partial charge is 0.258 e. The Morgan fingerprint density at radius 2 is 1.95 bits per heavy atom. The van der Waals surface area contributed by atoms with Crippen LogP contribution in [0.25, 0.3) is 0 Å². The second-order valence-corrected chi connectivity index (χ2v) is 7.02. The van der Waals surface area contributed by atoms with E-state index in [1.807, 2.05) is 25.0 Å². The van der Waals surface area contributed by atoms with Crippen LogP contribution in [0.3, 0.4) is 0 Å². The molecule has 1 aromatic heterocycles. The topological polar surface area (TPSA) is 46.1 Å². The molecule has 0 N–H and O–H groups in total. The molecule has 21 heavy (non-hydrogen) atoms. The van der Waals surface area contributed by atoms with Crippen LogP contribution < -0.4 is 0 Å². The lowest BCUT2D eigenvalue weighted by Gasteiger charge is -2.24. The van der Waals surface area contributed by atoms with Gasteiger partial charge in [0.1, 0.15) is 10.9 Å². The summed E-state index contributed by atoms with van der Waals surface area (Å²) < 4.78 is 0. The van der Waals surface area contributed by atoms with Crippen LogP contribution in [0.4, 0.5) is 0 Å². The average molecular weight is 307 g/mol. The Bertz CT molecular complexity index is 532. The molecule has 1 fully saturated rings. The molecule has 2 heterocycles. The summed E-state index contributed by atoms with van der Waals surface area (Å²) in [5, 5.41) is 0.801. The molecule has 0 radical (unpaired) electrons. The van der Waals surface area contributed by atoms with Crippen LogP contribution in [0.15, 0.2) is 5.03 Å². The van der Waals surface area contributed by atoms with E-state index >= 15 is 0 Å². The van der Waals surface area contributed by atoms with Crippen molar-refractivity contribution in [3.63, 3.8) is 0 Å². The van der Waals surface area contributed by atoms with Crippen molar-refractivity contribution < 1.29 is 4.79 Å². The Balaban J connectivity index is 2.31. The fourth-order valence-electron chi connectivity index (χ4n) is 3.14. The normalized spacial score (nSPS) is 23.0. The van der Waals surface area contributed by atoms with E-state index in [0.29, 0.717) is 17.4 Å². The first-order chi connectivity index (χ1) is 9.92. The Morgan fingerprint density at radius 1 is 1.24 bits per heavy atom. The van der Waals surface area contributed by atoms with E-state index in [4.69, 9.17) is 0 Å². The average Bonchev–Trinajstić information content (AvgIpc) is 2.57. The van der Waals surface area contributed by atoms with Crippen LogP contribution in [0.2, 0.25) is 0 Å². The fraction of sp³-hybridized carbons (Fsp3) is 0.688. The molecule has 2 rings (SSSR count). The van der Waals surface area contributed by atoms with Crippen LogP contribution in [-0.2, 0) is 0 Å². The molecule has 4 nitrogen and oxygen atoms in total. The first-order valence-electron chi connectivity index (χ1n) is 7.60. The minimum absolute atomic E-state index is 0.0952. The largest absolute Gasteiger partial charge is 0.338 e. The third-order valence-electron chi connectivity index (χ3n) is 4.09. The number of hydrogen-bond acceptors (Lipinski definition) is 4. The van der Waals surface area contributed by atoms with Crippen LogP contribution in [0.1, 0.15) is 48.6 Å². The zero-order chi connectivity index (χ0) is 15.6. The molecule has 1 saturated heterocycles. The van der Waals surface area contributed by atoms with Crippen molar-refractivity contribution >= 4 is 17.7 Å². The highest BCUT2D eigenvalue weighted by molar-refractivity contribution is 7.98. The van der Waals surface area contributed by atoms with Crippen molar-refractivity contribution in [2.45, 2.75) is 45.6 Å². The van der Waals surface area contributed by atoms with Gasteiger partial charge in [-0.2, -0.15) is 0 Å². The van der Waals surface area contributed by atoms with Gasteiger partial charge in [-0.15, -0.1) is 11.8 Å². The quantitative estimate of drug-likeness (QED) is 0.621. The third-order valence-corrected chi connectivity index (χ3v) is 4.77. The third kappa shape index (κ3) is 3.76. The Labute approximate surface area is 131 Å². The molecule has 0 unspecified atom stereocenters. The molecule has 2 atom stereocenters. The van der Waals surface area contributed by atoms with Gasteiger partial charge >= 0.3 is 0 Å². The highest BCUT2D eigenvalue weighted by Gasteiger charge is 2.27. The molecule has 0 aliphatic carbocycles. The van der Waals surface area contributed by atoms with Crippen LogP contribution in [0.5, 0.6) is 0 Å². The minimum atomic E-state index is 0.0952. The van der Waals surface area contributed by atoms with Gasteiger partial charge in [0.2, 0.25) is 0 Å². The Hall–Kier alpha value is -1.10. The standard InChI is InChI=1S/C16H25N3OS/c1-10-6-7-19(9-11(2)8-10)16(20)14-12(3)17-13(4)18-15(14)21-5/h10-11H,6-9H2,1-5H3/t10-,11-/m0/s1. The summed E-state index contributed by atoms with van der Waals surface area (Å²) in [6, 6.07) is 0. The molecule has 0 saturated carbocycles. The molecule has 0 bridgehead atoms. The molecule has 1 amide bonds. The summed E-state index contributed by atoms with van der Waals surface area (Å²) in [5.74, 6) is 2.06. The van der Waals surface area contributed by atoms with Gasteiger partial charge in [-0.05, 0) is 44.8 Å². The van der Waals surface area contributed by atoms with Gasteiger partial charge in [-0.1, -0.05) is 13.8 Å². The number of thioether (sulfide) groups is 1. The van der Waals surface area contributed by atoms with Crippen LogP contribution >= 0.6 is 11.8 Å². The van der Waals surface area contributed by atoms with Gasteiger partial charge < -0.3 is 4.90 Å². The van der Waals surface area contributed by atoms with Gasteiger partial charge in [0.05, 0.1) is 11.3 Å². The fourth-order valence-corrected chi connectivity index (χ4v) is 3.80. The molecular weight excluding hydrogens is 282 g/mol. The number of hydrogen-bond donors (Lipinski definition) is 0. The minimum Gasteiger partial charge on any atom is -0.338 e. The van der Waals surface area contributed by atoms with Crippen molar-refractivity contribution in [2.75, 3.05) is 19.3 Å². The molecule has 1 aromatic rings. The SMILES string of the molecule is CSc1nc(C)nc(C)c1C(=O)N1CC[C@H](C)C[C@H](C)C1. The van der Waals surface area contributed by atoms with Gasteiger partial charge in [-0.25, -0.2) is 9.97 Å². The molecule has 5 heteroatoms. The van der Waals surface area contributed by atoms with E-state index in [-0.39, 0.29) is 5.91 Å². The molecule has 116 valence electrons. The van der Waals surface area contributed by atoms with Gasteiger partial charge in [0, 0.05) is 13.1 Å². The summed E-state index contributed by atoms with van der Waals surface area (Å²) in [5.41, 5.74) is 1.48. The number of likely N-dealkylation sites (tertiary alicyclic amines) is 1. The first-order valence-corrected chi connectivity index (χ1v) is 8.83. The number of nitrogens with zero attached hydrogens (tertiary/aromatic N) is 3. The van der Waals surface area contributed by atoms with E-state index in [1.165, 1.54) is 18.2 Å². The summed E-state index contributed by atoms with van der Waals surface area (Å²) >= 11 is 1.52. The predicted molar refractivity (Wildman–Crippen MR) is 86.8 cm³/mol. The molecular formula is C16H25N3OS. The molecule has 1 aliphatic heterocycles. The maximum Gasteiger partial charge on any atom is 0.258 e. The number of aromatic nitrogens is 2. The number of aryl methyl sites for hydroxylation is 2. The number of carbonyl (C=O) groups is 1. The Morgan fingerprint density at radius 3 is 2.62 bits per heavy atom. The lowest BCUT2D eigenvalue weighted by molar-refractivity contribution is 0.0738. The summed E-state index contributed by atoms with van der Waals surface area (Å²) in [7, 11) is 0. The lowest BCUT2D eigenvalue weighted by Crippen LogP contribution is -2.35. The van der Waals surface area contributed by atoms with E-state index in [1.54, 1.807) is 0 Å². The van der Waals surface area contributed by atoms with E-state index in [9.17, 15) is 4.79 Å². The number of carbonyl (C=O) groups excluding carboxylic acids is 1. The van der Waals surface area contributed by atoms with E-state index in [0.717, 1.165) is 36.1 Å². The van der Waals surface area contributed by atoms with E-state index < -0.39 is 0 Å². The predicted octanol–water partition coefficient (Wildman–Crippen LogP) is 3.32. The first kappa shape index (κ1) is 16.3. The monoisotopic (exact) mass is 307 g/mol. The Kier molecular flexibility index (Phi) is 5.25. The molecule has 0 spiro atoms. The van der Waals surface area contributed by atoms with Crippen molar-refractivity contribution in [2.24, 2.45) is 11.8 Å². The lowest BCUT2D eigenvalue weighted by atomic mass is 9.97. The molecule has 1 aliphatic rings. The number of rotatable bonds is 2. The van der Waals surface area contributed by atoms with Gasteiger partial charge in [0.25, 0.3) is 5.91 Å².